The van der Waals surface area contributed by atoms with E-state index in [1.165, 1.54) is 111 Å². The molecule has 0 unspecified atom stereocenters. The predicted molar refractivity (Wildman–Crippen MR) is 411 cm³/mol. The number of unbranched alkanes of at least 4 members (excludes halogenated alkanes) is 4. The van der Waals surface area contributed by atoms with Crippen LogP contribution in [-0.2, 0) is 25.7 Å². The van der Waals surface area contributed by atoms with Crippen molar-refractivity contribution in [3.8, 4) is 45.9 Å². The Kier molecular flexibility index (Phi) is 19.9. The molecule has 96 heavy (non-hydrogen) atoms. The molecule has 4 N–H and O–H groups in total. The fraction of sp³-hybridized carbons (Fsp3) is 0.364. The van der Waals surface area contributed by atoms with E-state index in [0.29, 0.717) is 0 Å². The third-order valence-electron chi connectivity index (χ3n) is 21.2. The van der Waals surface area contributed by atoms with E-state index in [4.69, 9.17) is 19.9 Å². The molecule has 0 radical (unpaired) electrons. The second-order valence-corrected chi connectivity index (χ2v) is 27.1. The van der Waals surface area contributed by atoms with Crippen LogP contribution in [0.4, 0.5) is 0 Å². The van der Waals surface area contributed by atoms with E-state index in [0.717, 1.165) is 204 Å². The first-order valence-electron chi connectivity index (χ1n) is 36.1. The van der Waals surface area contributed by atoms with Crippen molar-refractivity contribution in [1.29, 1.82) is 0 Å². The highest BCUT2D eigenvalue weighted by Crippen LogP contribution is 2.46. The van der Waals surface area contributed by atoms with Crippen LogP contribution in [0.5, 0.6) is 0 Å². The molecule has 0 spiro atoms. The summed E-state index contributed by atoms with van der Waals surface area (Å²) in [5.41, 5.74) is 43.7. The number of nitrogens with one attached hydrogen (secondary N) is 4. The lowest BCUT2D eigenvalue weighted by Gasteiger charge is -2.10. The molecule has 0 aliphatic carbocycles. The molecule has 0 amide bonds. The van der Waals surface area contributed by atoms with E-state index < -0.39 is 0 Å². The van der Waals surface area contributed by atoms with E-state index in [-0.39, 0.29) is 0 Å². The minimum absolute atomic E-state index is 0.859. The maximum atomic E-state index is 5.63. The largest absolute Gasteiger partial charge is 0.355 e. The molecular formula is C88H98N8. The van der Waals surface area contributed by atoms with Crippen molar-refractivity contribution in [2.24, 2.45) is 0 Å². The van der Waals surface area contributed by atoms with Gasteiger partial charge in [0.2, 0.25) is 0 Å². The van der Waals surface area contributed by atoms with Crippen LogP contribution in [-0.4, -0.2) is 39.9 Å². The molecule has 10 heterocycles. The molecule has 12 rings (SSSR count). The summed E-state index contributed by atoms with van der Waals surface area (Å²) in [4.78, 5) is 38.3. The number of aryl methyl sites for hydroxylation is 8. The topological polar surface area (TPSA) is 115 Å². The van der Waals surface area contributed by atoms with E-state index in [2.05, 4.69) is 239 Å². The Hall–Kier alpha value is -9.24. The number of aromatic nitrogens is 8. The molecule has 0 atom stereocenters. The van der Waals surface area contributed by atoms with Gasteiger partial charge in [-0.15, -0.1) is 0 Å². The van der Waals surface area contributed by atoms with Crippen LogP contribution in [0.1, 0.15) is 261 Å². The summed E-state index contributed by atoms with van der Waals surface area (Å²) >= 11 is 0. The first kappa shape index (κ1) is 66.8. The van der Waals surface area contributed by atoms with Crippen molar-refractivity contribution in [2.45, 2.75) is 214 Å². The van der Waals surface area contributed by atoms with Gasteiger partial charge in [0.15, 0.2) is 0 Å². The van der Waals surface area contributed by atoms with E-state index >= 15 is 0 Å². The van der Waals surface area contributed by atoms with Crippen LogP contribution in [0.2, 0.25) is 0 Å². The van der Waals surface area contributed by atoms with Gasteiger partial charge in [-0.25, -0.2) is 19.9 Å². The molecule has 490 valence electrons. The van der Waals surface area contributed by atoms with Crippen molar-refractivity contribution in [3.63, 3.8) is 0 Å². The maximum Gasteiger partial charge on any atom is 0.0769 e. The van der Waals surface area contributed by atoms with Gasteiger partial charge in [-0.3, -0.25) is 0 Å². The quantitative estimate of drug-likeness (QED) is 0.0641. The van der Waals surface area contributed by atoms with E-state index in [1.807, 2.05) is 0 Å². The number of rotatable bonds is 18. The molecule has 8 nitrogen and oxygen atoms in total. The van der Waals surface area contributed by atoms with Crippen molar-refractivity contribution in [1.82, 2.24) is 39.9 Å². The second-order valence-electron chi connectivity index (χ2n) is 27.1. The van der Waals surface area contributed by atoms with Crippen molar-refractivity contribution >= 4 is 88.7 Å². The van der Waals surface area contributed by atoms with E-state index in [9.17, 15) is 0 Å². The summed E-state index contributed by atoms with van der Waals surface area (Å²) in [7, 11) is 0. The lowest BCUT2D eigenvalue weighted by atomic mass is 9.93. The Morgan fingerprint density at radius 2 is 0.542 bits per heavy atom. The molecule has 8 heteroatoms. The third-order valence-corrected chi connectivity index (χ3v) is 21.2. The molecule has 0 saturated heterocycles. The number of fused-ring (bicyclic) bond motifs is 16. The van der Waals surface area contributed by atoms with Crippen LogP contribution in [0, 0.1) is 51.4 Å². The normalized spacial score (nSPS) is 13.1. The summed E-state index contributed by atoms with van der Waals surface area (Å²) < 4.78 is 0. The third kappa shape index (κ3) is 12.5. The number of H-pyrrole nitrogens is 4. The van der Waals surface area contributed by atoms with Crippen LogP contribution < -0.4 is 0 Å². The number of allylic oxidation sites excluding steroid dienone is 8. The Morgan fingerprint density at radius 3 is 0.760 bits per heavy atom. The van der Waals surface area contributed by atoms with Gasteiger partial charge in [0, 0.05) is 66.4 Å². The first-order valence-corrected chi connectivity index (χ1v) is 36.1. The number of benzene rings is 2. The molecule has 4 aliphatic heterocycles. The van der Waals surface area contributed by atoms with Crippen LogP contribution >= 0.6 is 0 Å². The van der Waals surface area contributed by atoms with Crippen molar-refractivity contribution in [3.05, 3.63) is 186 Å². The standard InChI is InChI=1S/C88H98N8/c1-17-25-33-67-51(9)71-45-75-63(21-5)55(13)85(93-75)83(86-56(14)64(22-6)76(94-86)46-72-52(10)68(34-26-18-2)80(90-72)49-79(67)89-71)61-41-37-59(38-42-61)31-29-30-32-60-39-43-62(44-40-60)84-87-57(15)65(23-7)77(95-87)47-73-53(11)69(35-27-19-3)81(91-73)50-82-70(36-28-20-4)54(12)74(92-82)48-78-66(24-8)58(16)88(84)96-78/h37-50,89-92H,17-28,33-36H2,1-16H3. The Balaban J connectivity index is 0.953. The molecule has 6 aromatic heterocycles. The average molecular weight is 1270 g/mol. The number of nitrogens with zero attached hydrogens (tertiary/aromatic N) is 4. The van der Waals surface area contributed by atoms with Gasteiger partial charge < -0.3 is 19.9 Å². The van der Waals surface area contributed by atoms with Crippen molar-refractivity contribution < 1.29 is 0 Å². The lowest BCUT2D eigenvalue weighted by Crippen LogP contribution is -1.93. The van der Waals surface area contributed by atoms with Crippen LogP contribution in [0.3, 0.4) is 0 Å². The highest BCUT2D eigenvalue weighted by atomic mass is 14.8. The smallest absolute Gasteiger partial charge is 0.0769 e. The molecule has 0 fully saturated rings. The molecule has 2 aromatic carbocycles. The van der Waals surface area contributed by atoms with Crippen molar-refractivity contribution in [2.75, 3.05) is 0 Å². The number of aromatic amines is 4. The molecular weight excluding hydrogens is 1170 g/mol. The Bertz CT molecular complexity index is 4480. The average Bonchev–Trinajstić information content (AvgIpc) is 1.61. The predicted octanol–water partition coefficient (Wildman–Crippen LogP) is 23.6. The molecule has 8 aromatic rings. The monoisotopic (exact) mass is 1270 g/mol. The maximum absolute atomic E-state index is 5.63. The Labute approximate surface area is 570 Å². The van der Waals surface area contributed by atoms with Gasteiger partial charge >= 0.3 is 0 Å². The summed E-state index contributed by atoms with van der Waals surface area (Å²) in [5, 5.41) is 0. The zero-order valence-corrected chi connectivity index (χ0v) is 60.2. The van der Waals surface area contributed by atoms with Crippen LogP contribution in [0.25, 0.3) is 111 Å². The fourth-order valence-corrected chi connectivity index (χ4v) is 15.4. The van der Waals surface area contributed by atoms with Gasteiger partial charge in [0.05, 0.1) is 45.6 Å². The van der Waals surface area contributed by atoms with Crippen LogP contribution in [0.15, 0.2) is 84.9 Å². The summed E-state index contributed by atoms with van der Waals surface area (Å²) in [5.74, 6) is 13.2. The first-order chi connectivity index (χ1) is 46.6. The number of hydrogen-bond donors (Lipinski definition) is 4. The zero-order valence-electron chi connectivity index (χ0n) is 60.2. The highest BCUT2D eigenvalue weighted by molar-refractivity contribution is 6.04. The lowest BCUT2D eigenvalue weighted by molar-refractivity contribution is 0.796. The molecule has 0 saturated carbocycles. The minimum atomic E-state index is 0.859. The fourth-order valence-electron chi connectivity index (χ4n) is 15.4. The van der Waals surface area contributed by atoms with Gasteiger partial charge in [-0.05, 0) is 305 Å². The van der Waals surface area contributed by atoms with Gasteiger partial charge in [0.1, 0.15) is 0 Å². The summed E-state index contributed by atoms with van der Waals surface area (Å²) in [6.07, 6.45) is 16.6. The van der Waals surface area contributed by atoms with E-state index in [1.54, 1.807) is 0 Å². The SMILES string of the molecule is CCCCc1c(C)c2cc3nc(c(-c4ccc(C#CC#Cc5ccc(-c6c7nc(cc8[nH]c(cc9[nH]c(cc%10nc6C(C)=C%10CC)c(C)c9CCCC)c(CCCC)c8C)C(CC)=C7C)cc5)cc4)c4nc(cc5[nH]c(cc1[nH]2)c(CCCC)c5C)C(CC)=C4C)C(C)=C3CC. The minimum Gasteiger partial charge on any atom is -0.355 e. The van der Waals surface area contributed by atoms with Gasteiger partial charge in [-0.1, -0.05) is 117 Å². The summed E-state index contributed by atoms with van der Waals surface area (Å²) in [6.45, 7) is 36.3. The summed E-state index contributed by atoms with van der Waals surface area (Å²) in [6, 6.07) is 31.3. The second kappa shape index (κ2) is 28.6. The Morgan fingerprint density at radius 1 is 0.302 bits per heavy atom. The van der Waals surface area contributed by atoms with Gasteiger partial charge in [-0.2, -0.15) is 0 Å². The zero-order chi connectivity index (χ0) is 67.6. The molecule has 16 bridgehead atoms. The van der Waals surface area contributed by atoms with Gasteiger partial charge in [0.25, 0.3) is 0 Å². The molecule has 4 aliphatic rings. The highest BCUT2D eigenvalue weighted by Gasteiger charge is 2.29. The number of hydrogen-bond acceptors (Lipinski definition) is 4.